The summed E-state index contributed by atoms with van der Waals surface area (Å²) >= 11 is 0. The monoisotopic (exact) mass is 1960 g/mol. The molecule has 0 spiro atoms. The van der Waals surface area contributed by atoms with E-state index in [0.29, 0.717) is 24.8 Å². The number of carboxylic acids is 1. The lowest BCUT2D eigenvalue weighted by Gasteiger charge is -2.30. The van der Waals surface area contributed by atoms with E-state index in [1.54, 1.807) is 41.5 Å². The number of aliphatic hydroxyl groups excluding tert-OH is 3. The fourth-order valence-corrected chi connectivity index (χ4v) is 13.8. The number of nitrogens with one attached hydrogen (secondary N) is 18. The number of primary amides is 2. The van der Waals surface area contributed by atoms with Crippen LogP contribution in [0.4, 0.5) is 0 Å². The second-order valence-corrected chi connectivity index (χ2v) is 35.6. The summed E-state index contributed by atoms with van der Waals surface area (Å²) in [6, 6.07) is -22.2. The Morgan fingerprint density at radius 2 is 0.775 bits per heavy atom. The number of phenolic OH excluding ortho intramolecular Hbond substituents is 1. The molecule has 1 aromatic carbocycles. The van der Waals surface area contributed by atoms with Gasteiger partial charge in [-0.1, -0.05) is 73.9 Å². The van der Waals surface area contributed by atoms with Gasteiger partial charge in [-0.2, -0.15) is 0 Å². The Bertz CT molecular complexity index is 4350. The topological polar surface area (TPSA) is 827 Å². The molecule has 51 heteroatoms. The van der Waals surface area contributed by atoms with Crippen LogP contribution in [0.3, 0.4) is 0 Å². The molecule has 33 N–H and O–H groups in total. The van der Waals surface area contributed by atoms with E-state index in [1.807, 2.05) is 0 Å². The van der Waals surface area contributed by atoms with Crippen molar-refractivity contribution in [3.8, 4) is 5.75 Å². The molecule has 1 aliphatic heterocycles. The minimum Gasteiger partial charge on any atom is -0.508 e. The second-order valence-electron chi connectivity index (χ2n) is 35.6. The SMILES string of the molecule is CC[C@H](C)[C@H](NC(=O)[C@H](C)NC(=O)[C@H](Cc1ccc(O)cc1)NC(=O)[C@H](CC(N)=O)NC(=O)[C@H](CCCCN)NC(=O)[C@H](C)NC(=O)[C@@H](NC(=O)CNC(=O)[C@H](CC(C)C)NC(=O)[C@H](CC(N)=O)NC(=O)[C@@H](NC(=O)[C@H](C)NC(=O)[C@H](CO)NC(=O)[C@@H]1CCCN1C(=O)CNC(=O)[C@H](C)N)C(C)C)[C@@H](C)O)C(=O)N[C@@H](CC(C)C)C(=O)N[C@H](C(=O)N[C@@H](CCCCN)C(=O)N[C@@H](C)C(=O)O)[C@@H](C)O. The number of phenols is 1. The normalized spacial score (nSPS) is 16.7. The standard InChI is InChI=1S/C87H146N24O27/c1-16-43(8)67(84(134)104-56(33-41(4)5)80(130)110-69(50(15)114)86(136)100-53(22-17-19-29-88)75(125)98-48(13)87(137)138)109-73(123)47(12)95-77(127)57(34-51-25-27-52(115)28-26-51)102-78(128)58(35-62(91)116)103-76(126)54(23-18-20-30-89)99-71(121)45(10)97-85(135)68(49(14)113)107-64(118)37-93-74(124)55(32-40(2)3)101-79(129)59(36-63(92)117)105-83(133)66(42(6)7)108-72(122)46(11)96-81(131)60(39-112)106-82(132)61-24-21-31-111(61)65(119)38-94-70(120)44(9)90/h25-28,40-50,53-61,66-69,112-115H,16-24,29-39,88-90H2,1-15H3,(H2,91,116)(H2,92,117)(H,93,124)(H,94,120)(H,95,127)(H,96,131)(H,97,135)(H,98,125)(H,99,121)(H,100,136)(H,101,129)(H,102,128)(H,103,126)(H,104,134)(H,105,133)(H,106,132)(H,107,118)(H,108,122)(H,109,123)(H,110,130)(H,137,138)/t43-,44-,45-,46-,47-,48-,49+,50+,53-,54-,55-,56-,57-,58-,59-,60-,61-,66-,67-,68-,69-/m0/s1. The zero-order chi connectivity index (χ0) is 105. The maximum atomic E-state index is 14.5. The van der Waals surface area contributed by atoms with E-state index in [4.69, 9.17) is 28.7 Å². The molecule has 21 atom stereocenters. The maximum Gasteiger partial charge on any atom is 0.325 e. The van der Waals surface area contributed by atoms with Crippen LogP contribution in [0.2, 0.25) is 0 Å². The Balaban J connectivity index is 2.33. The number of carbonyl (C=O) groups is 22. The zero-order valence-corrected chi connectivity index (χ0v) is 80.9. The first-order valence-corrected chi connectivity index (χ1v) is 45.9. The lowest BCUT2D eigenvalue weighted by molar-refractivity contribution is -0.142. The number of amides is 21. The summed E-state index contributed by atoms with van der Waals surface area (Å²) in [6.07, 6.45) is -4.02. The van der Waals surface area contributed by atoms with Gasteiger partial charge in [0.25, 0.3) is 0 Å². The molecular weight excluding hydrogens is 1810 g/mol. The van der Waals surface area contributed by atoms with Gasteiger partial charge in [0, 0.05) is 13.0 Å². The minimum absolute atomic E-state index is 0.00447. The first kappa shape index (κ1) is 121. The molecular formula is C87H146N24O27. The number of hydrogen-bond acceptors (Lipinski definition) is 29. The van der Waals surface area contributed by atoms with E-state index < -0.39 is 302 Å². The van der Waals surface area contributed by atoms with Crippen LogP contribution >= 0.6 is 0 Å². The van der Waals surface area contributed by atoms with Gasteiger partial charge in [0.15, 0.2) is 0 Å². The molecule has 1 saturated heterocycles. The van der Waals surface area contributed by atoms with Crippen molar-refractivity contribution in [1.29, 1.82) is 0 Å². The molecule has 0 unspecified atom stereocenters. The fraction of sp³-hybridized carbons (Fsp3) is 0.678. The molecule has 0 radical (unpaired) electrons. The molecule has 1 aliphatic rings. The van der Waals surface area contributed by atoms with Crippen LogP contribution in [-0.2, 0) is 112 Å². The van der Waals surface area contributed by atoms with Gasteiger partial charge in [0.1, 0.15) is 108 Å². The Morgan fingerprint density at radius 1 is 0.406 bits per heavy atom. The Labute approximate surface area is 800 Å². The molecule has 0 saturated carbocycles. The third-order valence-electron chi connectivity index (χ3n) is 22.0. The molecule has 0 bridgehead atoms. The van der Waals surface area contributed by atoms with Gasteiger partial charge in [-0.05, 0) is 167 Å². The number of aliphatic carboxylic acids is 1. The fourth-order valence-electron chi connectivity index (χ4n) is 13.8. The van der Waals surface area contributed by atoms with Crippen LogP contribution in [0.15, 0.2) is 24.3 Å². The molecule has 776 valence electrons. The number of rotatable bonds is 62. The first-order valence-electron chi connectivity index (χ1n) is 45.9. The van der Waals surface area contributed by atoms with Crippen molar-refractivity contribution in [3.05, 3.63) is 29.8 Å². The van der Waals surface area contributed by atoms with Gasteiger partial charge in [-0.15, -0.1) is 0 Å². The molecule has 1 fully saturated rings. The predicted molar refractivity (Wildman–Crippen MR) is 495 cm³/mol. The van der Waals surface area contributed by atoms with Crippen molar-refractivity contribution in [2.45, 2.75) is 315 Å². The Hall–Kier alpha value is -12.9. The zero-order valence-electron chi connectivity index (χ0n) is 80.9. The largest absolute Gasteiger partial charge is 0.508 e. The number of carboxylic acid groups (broad SMARTS) is 1. The number of aromatic hydroxyl groups is 1. The van der Waals surface area contributed by atoms with Crippen LogP contribution in [0.5, 0.6) is 5.75 Å². The van der Waals surface area contributed by atoms with E-state index in [9.17, 15) is 131 Å². The molecule has 2 rings (SSSR count). The van der Waals surface area contributed by atoms with E-state index in [1.165, 1.54) is 77.6 Å². The highest BCUT2D eigenvalue weighted by Gasteiger charge is 2.42. The average Bonchev–Trinajstić information content (AvgIpc) is 1.79. The maximum absolute atomic E-state index is 14.5. The van der Waals surface area contributed by atoms with Crippen LogP contribution in [0.25, 0.3) is 0 Å². The molecule has 0 aromatic heterocycles. The molecule has 1 heterocycles. The number of carbonyl (C=O) groups excluding carboxylic acids is 21. The van der Waals surface area contributed by atoms with Gasteiger partial charge >= 0.3 is 5.97 Å². The second kappa shape index (κ2) is 60.7. The van der Waals surface area contributed by atoms with Gasteiger partial charge in [0.05, 0.1) is 50.8 Å². The van der Waals surface area contributed by atoms with Gasteiger partial charge in [-0.3, -0.25) is 105 Å². The molecule has 51 nitrogen and oxygen atoms in total. The first-order chi connectivity index (χ1) is 64.5. The summed E-state index contributed by atoms with van der Waals surface area (Å²) in [4.78, 5) is 300. The summed E-state index contributed by atoms with van der Waals surface area (Å²) in [5, 5.41) is 94.5. The Morgan fingerprint density at radius 3 is 1.24 bits per heavy atom. The highest BCUT2D eigenvalue weighted by Crippen LogP contribution is 2.20. The van der Waals surface area contributed by atoms with Gasteiger partial charge in [-0.25, -0.2) is 0 Å². The lowest BCUT2D eigenvalue weighted by Crippen LogP contribution is -2.62. The summed E-state index contributed by atoms with van der Waals surface area (Å²) in [7, 11) is 0. The quantitative estimate of drug-likeness (QED) is 0.0269. The smallest absolute Gasteiger partial charge is 0.325 e. The molecule has 138 heavy (non-hydrogen) atoms. The number of likely N-dealkylation sites (tertiary alicyclic amines) is 1. The van der Waals surface area contributed by atoms with Crippen molar-refractivity contribution >= 4 is 130 Å². The van der Waals surface area contributed by atoms with Crippen molar-refractivity contribution in [1.82, 2.24) is 101 Å². The summed E-state index contributed by atoms with van der Waals surface area (Å²) in [6.45, 7) is 19.5. The van der Waals surface area contributed by atoms with Gasteiger partial charge < -0.3 is 155 Å². The Kier molecular flexibility index (Phi) is 53.3. The average molecular weight is 1960 g/mol. The highest BCUT2D eigenvalue weighted by atomic mass is 16.4. The van der Waals surface area contributed by atoms with Crippen molar-refractivity contribution in [3.63, 3.8) is 0 Å². The summed E-state index contributed by atoms with van der Waals surface area (Å²) in [5.74, 6) is -24.9. The van der Waals surface area contributed by atoms with E-state index in [2.05, 4.69) is 95.7 Å². The van der Waals surface area contributed by atoms with E-state index in [0.717, 1.165) is 13.8 Å². The third kappa shape index (κ3) is 42.8. The number of hydrogen-bond donors (Lipinski definition) is 28. The van der Waals surface area contributed by atoms with Crippen molar-refractivity contribution < 1.29 is 131 Å². The third-order valence-corrected chi connectivity index (χ3v) is 22.0. The lowest BCUT2D eigenvalue weighted by atomic mass is 9.96. The van der Waals surface area contributed by atoms with Crippen molar-refractivity contribution in [2.24, 2.45) is 52.3 Å². The number of benzene rings is 1. The van der Waals surface area contributed by atoms with Crippen LogP contribution < -0.4 is 124 Å². The number of nitrogens with zero attached hydrogens (tertiary/aromatic N) is 1. The number of nitrogens with two attached hydrogens (primary N) is 5. The van der Waals surface area contributed by atoms with E-state index in [-0.39, 0.29) is 88.6 Å². The minimum atomic E-state index is -1.92. The number of unbranched alkanes of at least 4 members (excludes halogenated alkanes) is 2. The van der Waals surface area contributed by atoms with Crippen LogP contribution in [-0.4, -0.2) is 321 Å². The molecule has 0 aliphatic carbocycles. The highest BCUT2D eigenvalue weighted by molar-refractivity contribution is 6.03. The van der Waals surface area contributed by atoms with Crippen LogP contribution in [0, 0.1) is 23.7 Å². The predicted octanol–water partition coefficient (Wildman–Crippen LogP) is -10.0. The van der Waals surface area contributed by atoms with Gasteiger partial charge in [0.2, 0.25) is 124 Å². The van der Waals surface area contributed by atoms with Crippen molar-refractivity contribution in [2.75, 3.05) is 39.3 Å². The van der Waals surface area contributed by atoms with E-state index >= 15 is 0 Å². The molecule has 1 aromatic rings. The number of aliphatic hydroxyl groups is 3. The summed E-state index contributed by atoms with van der Waals surface area (Å²) in [5.41, 5.74) is 28.3. The summed E-state index contributed by atoms with van der Waals surface area (Å²) < 4.78 is 0. The van der Waals surface area contributed by atoms with Crippen LogP contribution in [0.1, 0.15) is 193 Å². The molecule has 21 amide bonds.